The first-order valence-corrected chi connectivity index (χ1v) is 9.51. The zero-order valence-electron chi connectivity index (χ0n) is 16.5. The summed E-state index contributed by atoms with van der Waals surface area (Å²) in [5.74, 6) is -1.93. The Labute approximate surface area is 171 Å². The normalized spacial score (nSPS) is 17.6. The van der Waals surface area contributed by atoms with Crippen LogP contribution in [0.1, 0.15) is 47.8 Å². The summed E-state index contributed by atoms with van der Waals surface area (Å²) in [5.41, 5.74) is 0.260. The van der Waals surface area contributed by atoms with Crippen molar-refractivity contribution >= 4 is 11.9 Å². The molecular weight excluding hydrogens is 399 g/mol. The molecular formula is C21H22F3N3O3. The lowest BCUT2D eigenvalue weighted by Crippen LogP contribution is -2.38. The minimum atomic E-state index is -4.51. The number of carboxylic acid groups (broad SMARTS) is 1. The van der Waals surface area contributed by atoms with Crippen LogP contribution in [0.5, 0.6) is 0 Å². The number of nitrogens with one attached hydrogen (secondary N) is 1. The van der Waals surface area contributed by atoms with Crippen LogP contribution in [-0.2, 0) is 15.8 Å². The van der Waals surface area contributed by atoms with E-state index in [4.69, 9.17) is 0 Å². The highest BCUT2D eigenvalue weighted by molar-refractivity contribution is 5.86. The zero-order chi connectivity index (χ0) is 22.1. The van der Waals surface area contributed by atoms with Gasteiger partial charge in [0.25, 0.3) is 0 Å². The van der Waals surface area contributed by atoms with Crippen LogP contribution in [-0.4, -0.2) is 26.8 Å². The Morgan fingerprint density at radius 3 is 2.60 bits per heavy atom. The fraction of sp³-hybridized carbons (Fsp3) is 0.381. The minimum Gasteiger partial charge on any atom is -0.479 e. The predicted molar refractivity (Wildman–Crippen MR) is 103 cm³/mol. The lowest BCUT2D eigenvalue weighted by molar-refractivity contribution is -0.142. The molecule has 3 rings (SSSR count). The summed E-state index contributed by atoms with van der Waals surface area (Å²) in [6, 6.07) is 3.28. The van der Waals surface area contributed by atoms with Crippen LogP contribution in [0.4, 0.5) is 13.2 Å². The molecule has 1 aromatic carbocycles. The number of hydrogen-bond donors (Lipinski definition) is 2. The van der Waals surface area contributed by atoms with Gasteiger partial charge in [-0.3, -0.25) is 4.79 Å². The molecule has 0 saturated carbocycles. The van der Waals surface area contributed by atoms with Crippen molar-refractivity contribution in [1.82, 2.24) is 15.1 Å². The van der Waals surface area contributed by atoms with E-state index < -0.39 is 23.8 Å². The van der Waals surface area contributed by atoms with Gasteiger partial charge in [0, 0.05) is 17.2 Å². The molecule has 0 bridgehead atoms. The fourth-order valence-electron chi connectivity index (χ4n) is 3.69. The largest absolute Gasteiger partial charge is 0.479 e. The molecule has 1 aliphatic carbocycles. The van der Waals surface area contributed by atoms with Crippen LogP contribution in [0.15, 0.2) is 36.4 Å². The molecule has 2 N–H and O–H groups in total. The number of aliphatic carboxylic acids is 1. The van der Waals surface area contributed by atoms with Crippen molar-refractivity contribution in [1.29, 1.82) is 0 Å². The number of alkyl halides is 3. The summed E-state index contributed by atoms with van der Waals surface area (Å²) < 4.78 is 40.5. The van der Waals surface area contributed by atoms with Gasteiger partial charge in [-0.05, 0) is 51.3 Å². The number of aryl methyl sites for hydroxylation is 1. The standard InChI is InChI=1S/C21H22F3N3O3/c1-12-17(18(20(29)30)25-19(28)14-7-4-3-5-8-14)13(2)27(26-12)16-10-6-9-15(11-16)21(22,23)24/h3-4,6,9-11,14,18H,5,7-8H2,1-2H3,(H,25,28)(H,29,30)/t14-,18-/m0/s1. The van der Waals surface area contributed by atoms with E-state index in [1.54, 1.807) is 13.8 Å². The highest BCUT2D eigenvalue weighted by atomic mass is 19.4. The fourth-order valence-corrected chi connectivity index (χ4v) is 3.69. The van der Waals surface area contributed by atoms with Crippen molar-refractivity contribution in [2.24, 2.45) is 5.92 Å². The summed E-state index contributed by atoms with van der Waals surface area (Å²) in [6.45, 7) is 3.14. The Balaban J connectivity index is 1.95. The molecule has 0 unspecified atom stereocenters. The zero-order valence-corrected chi connectivity index (χ0v) is 16.5. The van der Waals surface area contributed by atoms with E-state index in [9.17, 15) is 27.9 Å². The Morgan fingerprint density at radius 1 is 1.27 bits per heavy atom. The number of benzene rings is 1. The number of carbonyl (C=O) groups is 2. The maximum Gasteiger partial charge on any atom is 0.416 e. The van der Waals surface area contributed by atoms with Crippen LogP contribution in [0.25, 0.3) is 5.69 Å². The maximum atomic E-state index is 13.1. The highest BCUT2D eigenvalue weighted by Gasteiger charge is 2.33. The van der Waals surface area contributed by atoms with E-state index in [2.05, 4.69) is 10.4 Å². The Hall–Kier alpha value is -3.10. The third-order valence-corrected chi connectivity index (χ3v) is 5.23. The highest BCUT2D eigenvalue weighted by Crippen LogP contribution is 2.32. The van der Waals surface area contributed by atoms with E-state index in [0.29, 0.717) is 24.2 Å². The van der Waals surface area contributed by atoms with Gasteiger partial charge in [0.15, 0.2) is 6.04 Å². The van der Waals surface area contributed by atoms with Crippen molar-refractivity contribution in [3.8, 4) is 5.69 Å². The van der Waals surface area contributed by atoms with E-state index in [-0.39, 0.29) is 23.1 Å². The molecule has 160 valence electrons. The van der Waals surface area contributed by atoms with Gasteiger partial charge < -0.3 is 10.4 Å². The molecule has 0 radical (unpaired) electrons. The molecule has 1 heterocycles. The number of allylic oxidation sites excluding steroid dienone is 2. The van der Waals surface area contributed by atoms with Gasteiger partial charge in [-0.25, -0.2) is 9.48 Å². The second-order valence-electron chi connectivity index (χ2n) is 7.31. The molecule has 2 aromatic rings. The van der Waals surface area contributed by atoms with Gasteiger partial charge in [0.1, 0.15) is 0 Å². The van der Waals surface area contributed by atoms with Crippen LogP contribution in [0, 0.1) is 19.8 Å². The summed E-state index contributed by atoms with van der Waals surface area (Å²) in [7, 11) is 0. The topological polar surface area (TPSA) is 84.2 Å². The molecule has 2 atom stereocenters. The molecule has 0 saturated heterocycles. The number of halogens is 3. The summed E-state index contributed by atoms with van der Waals surface area (Å²) in [6.07, 6.45) is 1.29. The first kappa shape index (κ1) is 21.6. The van der Waals surface area contributed by atoms with Gasteiger partial charge in [-0.1, -0.05) is 18.2 Å². The van der Waals surface area contributed by atoms with Crippen molar-refractivity contribution in [2.45, 2.75) is 45.3 Å². The van der Waals surface area contributed by atoms with Crippen LogP contribution in [0.2, 0.25) is 0 Å². The SMILES string of the molecule is Cc1nn(-c2cccc(C(F)(F)F)c2)c(C)c1[C@H](NC(=O)[C@H]1CC=CCC1)C(=O)O. The predicted octanol–water partition coefficient (Wildman–Crippen LogP) is 4.11. The lowest BCUT2D eigenvalue weighted by Gasteiger charge is -2.21. The molecule has 6 nitrogen and oxygen atoms in total. The summed E-state index contributed by atoms with van der Waals surface area (Å²) >= 11 is 0. The number of rotatable bonds is 5. The van der Waals surface area contributed by atoms with E-state index >= 15 is 0 Å². The van der Waals surface area contributed by atoms with E-state index in [1.165, 1.54) is 16.8 Å². The van der Waals surface area contributed by atoms with Crippen molar-refractivity contribution < 1.29 is 27.9 Å². The Kier molecular flexibility index (Phi) is 6.00. The van der Waals surface area contributed by atoms with E-state index in [0.717, 1.165) is 18.6 Å². The quantitative estimate of drug-likeness (QED) is 0.712. The van der Waals surface area contributed by atoms with Gasteiger partial charge in [0.05, 0.1) is 16.9 Å². The summed E-state index contributed by atoms with van der Waals surface area (Å²) in [4.78, 5) is 24.5. The van der Waals surface area contributed by atoms with Gasteiger partial charge in [-0.2, -0.15) is 18.3 Å². The monoisotopic (exact) mass is 421 g/mol. The Bertz CT molecular complexity index is 995. The van der Waals surface area contributed by atoms with Crippen molar-refractivity contribution in [3.05, 3.63) is 58.9 Å². The summed E-state index contributed by atoms with van der Waals surface area (Å²) in [5, 5.41) is 16.6. The van der Waals surface area contributed by atoms with Crippen LogP contribution in [0.3, 0.4) is 0 Å². The second-order valence-corrected chi connectivity index (χ2v) is 7.31. The Morgan fingerprint density at radius 2 is 2.00 bits per heavy atom. The van der Waals surface area contributed by atoms with E-state index in [1.807, 2.05) is 12.2 Å². The smallest absolute Gasteiger partial charge is 0.416 e. The van der Waals surface area contributed by atoms with Gasteiger partial charge in [-0.15, -0.1) is 0 Å². The minimum absolute atomic E-state index is 0.157. The number of nitrogens with zero attached hydrogens (tertiary/aromatic N) is 2. The van der Waals surface area contributed by atoms with Crippen LogP contribution >= 0.6 is 0 Å². The molecule has 0 spiro atoms. The third-order valence-electron chi connectivity index (χ3n) is 5.23. The number of carboxylic acids is 1. The molecule has 30 heavy (non-hydrogen) atoms. The number of aromatic nitrogens is 2. The van der Waals surface area contributed by atoms with Crippen molar-refractivity contribution in [3.63, 3.8) is 0 Å². The molecule has 1 aliphatic rings. The first-order chi connectivity index (χ1) is 14.1. The molecule has 1 aromatic heterocycles. The second kappa shape index (κ2) is 8.33. The van der Waals surface area contributed by atoms with Crippen LogP contribution < -0.4 is 5.32 Å². The lowest BCUT2D eigenvalue weighted by atomic mass is 9.93. The number of hydrogen-bond acceptors (Lipinski definition) is 3. The molecule has 9 heteroatoms. The number of amides is 1. The maximum absolute atomic E-state index is 13.1. The van der Waals surface area contributed by atoms with Gasteiger partial charge >= 0.3 is 12.1 Å². The molecule has 0 fully saturated rings. The molecule has 1 amide bonds. The third kappa shape index (κ3) is 4.39. The number of carbonyl (C=O) groups excluding carboxylic acids is 1. The molecule has 0 aliphatic heterocycles. The van der Waals surface area contributed by atoms with Gasteiger partial charge in [0.2, 0.25) is 5.91 Å². The average Bonchev–Trinajstić information content (AvgIpc) is 3.00. The average molecular weight is 421 g/mol. The van der Waals surface area contributed by atoms with Crippen molar-refractivity contribution in [2.75, 3.05) is 0 Å². The first-order valence-electron chi connectivity index (χ1n) is 9.51.